The van der Waals surface area contributed by atoms with Crippen molar-refractivity contribution in [2.24, 2.45) is 0 Å². The van der Waals surface area contributed by atoms with Crippen LogP contribution in [0.2, 0.25) is 0 Å². The van der Waals surface area contributed by atoms with Crippen molar-refractivity contribution in [3.05, 3.63) is 77.9 Å². The molecule has 3 aromatic rings. The number of nitrogens with zero attached hydrogens (tertiary/aromatic N) is 1. The van der Waals surface area contributed by atoms with Gasteiger partial charge < -0.3 is 10.1 Å². The summed E-state index contributed by atoms with van der Waals surface area (Å²) in [7, 11) is -3.34. The van der Waals surface area contributed by atoms with Crippen molar-refractivity contribution in [3.8, 4) is 22.9 Å². The van der Waals surface area contributed by atoms with Crippen molar-refractivity contribution in [1.82, 2.24) is 0 Å². The standard InChI is InChI=1S/C24H19F3N2O4S/c1-2-34(31,32)19-10-7-16(8-11-19)13-23(30)29-18-9-12-20(17(14-18)15-28)21-5-3-4-6-22(21)33-24(25,26)27/h3-12,14H,2,13H2,1H3,(H,29,30). The van der Waals surface area contributed by atoms with Crippen LogP contribution < -0.4 is 10.1 Å². The lowest BCUT2D eigenvalue weighted by atomic mass is 9.98. The molecule has 1 amide bonds. The van der Waals surface area contributed by atoms with Crippen molar-refractivity contribution in [1.29, 1.82) is 5.26 Å². The number of alkyl halides is 3. The second-order valence-electron chi connectivity index (χ2n) is 7.19. The first-order chi connectivity index (χ1) is 16.0. The molecule has 0 fully saturated rings. The predicted molar refractivity (Wildman–Crippen MR) is 120 cm³/mol. The van der Waals surface area contributed by atoms with Gasteiger partial charge in [0.1, 0.15) is 5.75 Å². The quantitative estimate of drug-likeness (QED) is 0.499. The van der Waals surface area contributed by atoms with Crippen LogP contribution in [0.4, 0.5) is 18.9 Å². The Labute approximate surface area is 194 Å². The van der Waals surface area contributed by atoms with E-state index in [1.165, 1.54) is 48.5 Å². The molecule has 3 rings (SSSR count). The number of hydrogen-bond donors (Lipinski definition) is 1. The van der Waals surface area contributed by atoms with Gasteiger partial charge in [-0.3, -0.25) is 4.79 Å². The Morgan fingerprint density at radius 2 is 1.71 bits per heavy atom. The Hall–Kier alpha value is -3.84. The normalized spacial score (nSPS) is 11.5. The molecule has 0 saturated carbocycles. The summed E-state index contributed by atoms with van der Waals surface area (Å²) in [6.07, 6.45) is -4.94. The molecule has 0 aliphatic rings. The predicted octanol–water partition coefficient (Wildman–Crippen LogP) is 5.10. The van der Waals surface area contributed by atoms with E-state index >= 15 is 0 Å². The molecule has 34 heavy (non-hydrogen) atoms. The molecule has 0 heterocycles. The molecule has 0 bridgehead atoms. The summed E-state index contributed by atoms with van der Waals surface area (Å²) in [5.41, 5.74) is 1.21. The number of carbonyl (C=O) groups is 1. The number of para-hydroxylation sites is 1. The number of nitrogens with one attached hydrogen (secondary N) is 1. The lowest BCUT2D eigenvalue weighted by Crippen LogP contribution is -2.17. The van der Waals surface area contributed by atoms with Gasteiger partial charge in [0.2, 0.25) is 5.91 Å². The molecule has 0 aliphatic carbocycles. The molecule has 0 spiro atoms. The molecule has 0 atom stereocenters. The third kappa shape index (κ3) is 6.14. The molecule has 176 valence electrons. The highest BCUT2D eigenvalue weighted by atomic mass is 32.2. The molecule has 0 saturated heterocycles. The topological polar surface area (TPSA) is 96.3 Å². The van der Waals surface area contributed by atoms with E-state index in [1.807, 2.05) is 6.07 Å². The maximum absolute atomic E-state index is 12.7. The van der Waals surface area contributed by atoms with Gasteiger partial charge >= 0.3 is 6.36 Å². The fourth-order valence-electron chi connectivity index (χ4n) is 3.22. The van der Waals surface area contributed by atoms with Gasteiger partial charge in [0.25, 0.3) is 0 Å². The maximum atomic E-state index is 12.7. The van der Waals surface area contributed by atoms with Crippen molar-refractivity contribution in [2.75, 3.05) is 11.1 Å². The number of benzene rings is 3. The minimum atomic E-state index is -4.89. The molecular weight excluding hydrogens is 469 g/mol. The molecule has 3 aromatic carbocycles. The fraction of sp³-hybridized carbons (Fsp3) is 0.167. The van der Waals surface area contributed by atoms with E-state index in [-0.39, 0.29) is 39.4 Å². The zero-order chi connectivity index (χ0) is 24.9. The minimum absolute atomic E-state index is 0.0309. The summed E-state index contributed by atoms with van der Waals surface area (Å²) in [5.74, 6) is -0.892. The Bertz CT molecular complexity index is 1350. The number of rotatable bonds is 7. The SMILES string of the molecule is CCS(=O)(=O)c1ccc(CC(=O)Nc2ccc(-c3ccccc3OC(F)(F)F)c(C#N)c2)cc1. The van der Waals surface area contributed by atoms with Crippen LogP contribution in [0.1, 0.15) is 18.1 Å². The number of ether oxygens (including phenoxy) is 1. The first-order valence-electron chi connectivity index (χ1n) is 10.0. The summed E-state index contributed by atoms with van der Waals surface area (Å²) in [5, 5.41) is 12.2. The molecule has 6 nitrogen and oxygen atoms in total. The number of anilines is 1. The molecule has 1 N–H and O–H groups in total. The second-order valence-corrected chi connectivity index (χ2v) is 9.47. The van der Waals surface area contributed by atoms with Gasteiger partial charge in [-0.2, -0.15) is 5.26 Å². The maximum Gasteiger partial charge on any atom is 0.573 e. The van der Waals surface area contributed by atoms with Crippen LogP contribution in [0.3, 0.4) is 0 Å². The molecule has 0 aliphatic heterocycles. The smallest absolute Gasteiger partial charge is 0.405 e. The van der Waals surface area contributed by atoms with E-state index in [0.29, 0.717) is 5.56 Å². The van der Waals surface area contributed by atoms with Gasteiger partial charge in [0, 0.05) is 16.8 Å². The summed E-state index contributed by atoms with van der Waals surface area (Å²) in [6.45, 7) is 1.54. The highest BCUT2D eigenvalue weighted by Crippen LogP contribution is 2.36. The Morgan fingerprint density at radius 3 is 2.32 bits per heavy atom. The van der Waals surface area contributed by atoms with Crippen LogP contribution in [0.25, 0.3) is 11.1 Å². The summed E-state index contributed by atoms with van der Waals surface area (Å²) in [4.78, 5) is 12.6. The number of halogens is 3. The molecule has 0 unspecified atom stereocenters. The van der Waals surface area contributed by atoms with Crippen molar-refractivity contribution in [2.45, 2.75) is 24.6 Å². The third-order valence-electron chi connectivity index (χ3n) is 4.85. The molecular formula is C24H19F3N2O4S. The van der Waals surface area contributed by atoms with E-state index in [2.05, 4.69) is 10.1 Å². The molecule has 0 radical (unpaired) electrons. The lowest BCUT2D eigenvalue weighted by Gasteiger charge is -2.15. The van der Waals surface area contributed by atoms with Crippen molar-refractivity contribution >= 4 is 21.4 Å². The van der Waals surface area contributed by atoms with Gasteiger partial charge in [-0.1, -0.05) is 43.3 Å². The molecule has 10 heteroatoms. The largest absolute Gasteiger partial charge is 0.573 e. The average Bonchev–Trinajstić information content (AvgIpc) is 2.79. The Morgan fingerprint density at radius 1 is 1.03 bits per heavy atom. The van der Waals surface area contributed by atoms with E-state index in [0.717, 1.165) is 6.07 Å². The summed E-state index contributed by atoms with van der Waals surface area (Å²) < 4.78 is 66.1. The van der Waals surface area contributed by atoms with Gasteiger partial charge in [-0.25, -0.2) is 8.42 Å². The van der Waals surface area contributed by atoms with Crippen LogP contribution in [-0.2, 0) is 21.1 Å². The highest BCUT2D eigenvalue weighted by Gasteiger charge is 2.32. The number of amides is 1. The summed E-state index contributed by atoms with van der Waals surface area (Å²) >= 11 is 0. The number of hydrogen-bond acceptors (Lipinski definition) is 5. The number of nitriles is 1. The van der Waals surface area contributed by atoms with E-state index in [1.54, 1.807) is 19.1 Å². The van der Waals surface area contributed by atoms with Crippen LogP contribution >= 0.6 is 0 Å². The first kappa shape index (κ1) is 24.8. The van der Waals surface area contributed by atoms with E-state index in [4.69, 9.17) is 0 Å². The van der Waals surface area contributed by atoms with E-state index < -0.39 is 27.9 Å². The van der Waals surface area contributed by atoms with E-state index in [9.17, 15) is 31.6 Å². The van der Waals surface area contributed by atoms with Crippen LogP contribution in [-0.4, -0.2) is 26.4 Å². The minimum Gasteiger partial charge on any atom is -0.405 e. The zero-order valence-corrected chi connectivity index (χ0v) is 18.7. The average molecular weight is 488 g/mol. The Balaban J connectivity index is 1.78. The first-order valence-corrected chi connectivity index (χ1v) is 11.7. The van der Waals surface area contributed by atoms with Gasteiger partial charge in [0.15, 0.2) is 9.84 Å². The monoisotopic (exact) mass is 488 g/mol. The van der Waals surface area contributed by atoms with Crippen molar-refractivity contribution < 1.29 is 31.1 Å². The lowest BCUT2D eigenvalue weighted by molar-refractivity contribution is -0.274. The number of sulfone groups is 1. The van der Waals surface area contributed by atoms with Crippen molar-refractivity contribution in [3.63, 3.8) is 0 Å². The fourth-order valence-corrected chi connectivity index (χ4v) is 4.11. The summed E-state index contributed by atoms with van der Waals surface area (Å²) in [6, 6.07) is 17.6. The van der Waals surface area contributed by atoms with Gasteiger partial charge in [-0.05, 0) is 35.9 Å². The van der Waals surface area contributed by atoms with Gasteiger partial charge in [0.05, 0.1) is 28.7 Å². The van der Waals surface area contributed by atoms with Crippen LogP contribution in [0.5, 0.6) is 5.75 Å². The highest BCUT2D eigenvalue weighted by molar-refractivity contribution is 7.91. The third-order valence-corrected chi connectivity index (χ3v) is 6.60. The van der Waals surface area contributed by atoms with Gasteiger partial charge in [-0.15, -0.1) is 13.2 Å². The Kier molecular flexibility index (Phi) is 7.27. The van der Waals surface area contributed by atoms with Crippen LogP contribution in [0, 0.1) is 11.3 Å². The number of carbonyl (C=O) groups excluding carboxylic acids is 1. The zero-order valence-electron chi connectivity index (χ0n) is 17.9. The second kappa shape index (κ2) is 9.97. The van der Waals surface area contributed by atoms with Crippen LogP contribution in [0.15, 0.2) is 71.6 Å². The molecule has 0 aromatic heterocycles.